The van der Waals surface area contributed by atoms with E-state index in [0.717, 1.165) is 5.56 Å². The van der Waals surface area contributed by atoms with Gasteiger partial charge in [0, 0.05) is 16.0 Å². The van der Waals surface area contributed by atoms with Crippen molar-refractivity contribution in [1.82, 2.24) is 20.7 Å². The number of imide groups is 1. The van der Waals surface area contributed by atoms with E-state index in [1.165, 1.54) is 11.3 Å². The summed E-state index contributed by atoms with van der Waals surface area (Å²) in [6.45, 7) is 1.59. The summed E-state index contributed by atoms with van der Waals surface area (Å²) in [7, 11) is 0. The summed E-state index contributed by atoms with van der Waals surface area (Å²) in [5.74, 6) is -1.22. The summed E-state index contributed by atoms with van der Waals surface area (Å²) in [5.41, 5.74) is 2.62. The van der Waals surface area contributed by atoms with E-state index in [1.54, 1.807) is 60.8 Å². The number of amides is 4. The molecule has 0 spiro atoms. The number of nitrogens with one attached hydrogen (secondary N) is 2. The zero-order chi connectivity index (χ0) is 20.6. The molecule has 0 aliphatic carbocycles. The fourth-order valence-electron chi connectivity index (χ4n) is 2.97. The zero-order valence-corrected chi connectivity index (χ0v) is 16.8. The van der Waals surface area contributed by atoms with Gasteiger partial charge in [0.2, 0.25) is 0 Å². The Morgan fingerprint density at radius 3 is 2.52 bits per heavy atom. The summed E-state index contributed by atoms with van der Waals surface area (Å²) < 4.78 is 0. The SMILES string of the molecule is CC1(c2ccccc2)NC(=O)N(NC(=O)c2csc(-c3ccc(Cl)cc3)n2)C1=O. The van der Waals surface area contributed by atoms with E-state index in [2.05, 4.69) is 15.7 Å². The fourth-order valence-corrected chi connectivity index (χ4v) is 3.90. The lowest BCUT2D eigenvalue weighted by Crippen LogP contribution is -2.48. The van der Waals surface area contributed by atoms with Crippen LogP contribution in [-0.4, -0.2) is 27.8 Å². The molecule has 146 valence electrons. The van der Waals surface area contributed by atoms with Crippen LogP contribution in [0.15, 0.2) is 60.0 Å². The number of hydrazine groups is 1. The minimum Gasteiger partial charge on any atom is -0.318 e. The van der Waals surface area contributed by atoms with Crippen LogP contribution in [-0.2, 0) is 10.3 Å². The largest absolute Gasteiger partial charge is 0.344 e. The highest BCUT2D eigenvalue weighted by Crippen LogP contribution is 2.28. The lowest BCUT2D eigenvalue weighted by Gasteiger charge is -2.21. The van der Waals surface area contributed by atoms with Crippen LogP contribution in [0.4, 0.5) is 4.79 Å². The van der Waals surface area contributed by atoms with Crippen molar-refractivity contribution in [2.24, 2.45) is 0 Å². The molecule has 29 heavy (non-hydrogen) atoms. The van der Waals surface area contributed by atoms with Crippen molar-refractivity contribution >= 4 is 40.8 Å². The quantitative estimate of drug-likeness (QED) is 0.624. The summed E-state index contributed by atoms with van der Waals surface area (Å²) >= 11 is 7.16. The standard InChI is InChI=1S/C20H15ClN4O3S/c1-20(13-5-3-2-4-6-13)18(27)25(19(28)23-20)24-16(26)15-11-29-17(22-15)12-7-9-14(21)10-8-12/h2-11H,1H3,(H,23,28)(H,24,26). The molecule has 0 saturated carbocycles. The Labute approximate surface area is 175 Å². The Hall–Kier alpha value is -3.23. The van der Waals surface area contributed by atoms with E-state index < -0.39 is 23.4 Å². The van der Waals surface area contributed by atoms with Crippen LogP contribution >= 0.6 is 22.9 Å². The molecule has 1 fully saturated rings. The molecular formula is C20H15ClN4O3S. The number of aromatic nitrogens is 1. The molecule has 9 heteroatoms. The first-order chi connectivity index (χ1) is 13.9. The number of carbonyl (C=O) groups excluding carboxylic acids is 3. The van der Waals surface area contributed by atoms with Gasteiger partial charge in [0.15, 0.2) is 0 Å². The molecule has 1 saturated heterocycles. The van der Waals surface area contributed by atoms with Gasteiger partial charge in [-0.3, -0.25) is 15.0 Å². The number of halogens is 1. The summed E-state index contributed by atoms with van der Waals surface area (Å²) in [4.78, 5) is 42.1. The number of hydrogen-bond donors (Lipinski definition) is 2. The molecule has 3 aromatic rings. The van der Waals surface area contributed by atoms with E-state index in [9.17, 15) is 14.4 Å². The number of thiazole rings is 1. The van der Waals surface area contributed by atoms with Crippen molar-refractivity contribution in [3.8, 4) is 10.6 Å². The molecule has 2 aromatic carbocycles. The number of rotatable bonds is 4. The van der Waals surface area contributed by atoms with Gasteiger partial charge in [-0.2, -0.15) is 5.01 Å². The van der Waals surface area contributed by atoms with Crippen LogP contribution in [0.2, 0.25) is 5.02 Å². The second-order valence-corrected chi connectivity index (χ2v) is 7.84. The first-order valence-electron chi connectivity index (χ1n) is 8.63. The molecule has 1 atom stereocenters. The summed E-state index contributed by atoms with van der Waals surface area (Å²) in [6, 6.07) is 15.2. The predicted molar refractivity (Wildman–Crippen MR) is 109 cm³/mol. The highest BCUT2D eigenvalue weighted by atomic mass is 35.5. The van der Waals surface area contributed by atoms with Crippen LogP contribution in [0, 0.1) is 0 Å². The lowest BCUT2D eigenvalue weighted by molar-refractivity contribution is -0.132. The third kappa shape index (κ3) is 3.48. The molecular weight excluding hydrogens is 412 g/mol. The van der Waals surface area contributed by atoms with Gasteiger partial charge in [-0.15, -0.1) is 11.3 Å². The normalized spacial score (nSPS) is 18.6. The monoisotopic (exact) mass is 426 g/mol. The molecule has 7 nitrogen and oxygen atoms in total. The highest BCUT2D eigenvalue weighted by Gasteiger charge is 2.50. The average molecular weight is 427 g/mol. The van der Waals surface area contributed by atoms with E-state index >= 15 is 0 Å². The topological polar surface area (TPSA) is 91.4 Å². The maximum absolute atomic E-state index is 12.9. The molecule has 2 N–H and O–H groups in total. The van der Waals surface area contributed by atoms with E-state index in [4.69, 9.17) is 11.6 Å². The smallest absolute Gasteiger partial charge is 0.318 e. The van der Waals surface area contributed by atoms with Gasteiger partial charge >= 0.3 is 6.03 Å². The van der Waals surface area contributed by atoms with Crippen molar-refractivity contribution in [2.75, 3.05) is 0 Å². The Morgan fingerprint density at radius 2 is 1.83 bits per heavy atom. The zero-order valence-electron chi connectivity index (χ0n) is 15.2. The van der Waals surface area contributed by atoms with Crippen LogP contribution in [0.1, 0.15) is 23.0 Å². The van der Waals surface area contributed by atoms with Gasteiger partial charge in [-0.05, 0) is 24.6 Å². The number of benzene rings is 2. The Kier molecular flexibility index (Phi) is 4.81. The Morgan fingerprint density at radius 1 is 1.14 bits per heavy atom. The van der Waals surface area contributed by atoms with Gasteiger partial charge in [0.05, 0.1) is 0 Å². The van der Waals surface area contributed by atoms with Crippen LogP contribution in [0.25, 0.3) is 10.6 Å². The first-order valence-corrected chi connectivity index (χ1v) is 9.89. The van der Waals surface area contributed by atoms with Crippen molar-refractivity contribution in [1.29, 1.82) is 0 Å². The first kappa shape index (κ1) is 19.1. The minimum absolute atomic E-state index is 0.105. The van der Waals surface area contributed by atoms with Crippen molar-refractivity contribution in [3.63, 3.8) is 0 Å². The second-order valence-electron chi connectivity index (χ2n) is 6.55. The van der Waals surface area contributed by atoms with Crippen LogP contribution < -0.4 is 10.7 Å². The van der Waals surface area contributed by atoms with E-state index in [0.29, 0.717) is 20.6 Å². The minimum atomic E-state index is -1.26. The van der Waals surface area contributed by atoms with Gasteiger partial charge in [-0.1, -0.05) is 54.1 Å². The third-order valence-electron chi connectivity index (χ3n) is 4.58. The number of carbonyl (C=O) groups is 3. The fraction of sp³-hybridized carbons (Fsp3) is 0.100. The van der Waals surface area contributed by atoms with E-state index in [-0.39, 0.29) is 5.69 Å². The van der Waals surface area contributed by atoms with Crippen molar-refractivity contribution in [3.05, 3.63) is 76.3 Å². The molecule has 1 aromatic heterocycles. The second kappa shape index (κ2) is 7.31. The third-order valence-corrected chi connectivity index (χ3v) is 5.73. The summed E-state index contributed by atoms with van der Waals surface area (Å²) in [5, 5.41) is 6.11. The maximum atomic E-state index is 12.9. The Balaban J connectivity index is 1.52. The van der Waals surface area contributed by atoms with Crippen LogP contribution in [0.3, 0.4) is 0 Å². The molecule has 1 aliphatic rings. The maximum Gasteiger partial charge on any atom is 0.344 e. The highest BCUT2D eigenvalue weighted by molar-refractivity contribution is 7.13. The van der Waals surface area contributed by atoms with Crippen molar-refractivity contribution in [2.45, 2.75) is 12.5 Å². The molecule has 2 heterocycles. The van der Waals surface area contributed by atoms with Gasteiger partial charge in [0.25, 0.3) is 11.8 Å². The number of nitrogens with zero attached hydrogens (tertiary/aromatic N) is 2. The molecule has 1 aliphatic heterocycles. The Bertz CT molecular complexity index is 1100. The van der Waals surface area contributed by atoms with Gasteiger partial charge < -0.3 is 5.32 Å². The summed E-state index contributed by atoms with van der Waals surface area (Å²) in [6.07, 6.45) is 0. The molecule has 1 unspecified atom stereocenters. The van der Waals surface area contributed by atoms with Gasteiger partial charge in [-0.25, -0.2) is 9.78 Å². The van der Waals surface area contributed by atoms with Gasteiger partial charge in [0.1, 0.15) is 16.2 Å². The van der Waals surface area contributed by atoms with E-state index in [1.807, 2.05) is 6.07 Å². The van der Waals surface area contributed by atoms with Crippen molar-refractivity contribution < 1.29 is 14.4 Å². The number of urea groups is 1. The molecule has 4 amide bonds. The lowest BCUT2D eigenvalue weighted by atomic mass is 9.92. The molecule has 0 radical (unpaired) electrons. The average Bonchev–Trinajstić information content (AvgIpc) is 3.29. The van der Waals surface area contributed by atoms with Crippen LogP contribution in [0.5, 0.6) is 0 Å². The molecule has 0 bridgehead atoms. The molecule has 4 rings (SSSR count). The number of hydrogen-bond acceptors (Lipinski definition) is 5. The predicted octanol–water partition coefficient (Wildman–Crippen LogP) is 3.58.